The number of rotatable bonds is 9. The van der Waals surface area contributed by atoms with Crippen molar-refractivity contribution in [1.29, 1.82) is 0 Å². The van der Waals surface area contributed by atoms with Crippen LogP contribution in [0.5, 0.6) is 5.75 Å². The third kappa shape index (κ3) is 5.74. The quantitative estimate of drug-likeness (QED) is 0.507. The smallest absolute Gasteiger partial charge is 0.354 e. The summed E-state index contributed by atoms with van der Waals surface area (Å²) in [6, 6.07) is 11.2. The fraction of sp³-hybridized carbons (Fsp3) is 0.318. The van der Waals surface area contributed by atoms with Gasteiger partial charge in [-0.3, -0.25) is 4.57 Å². The van der Waals surface area contributed by atoms with Crippen molar-refractivity contribution in [3.63, 3.8) is 0 Å². The van der Waals surface area contributed by atoms with Crippen molar-refractivity contribution in [2.75, 3.05) is 11.9 Å². The van der Waals surface area contributed by atoms with E-state index in [0.717, 1.165) is 10.1 Å². The van der Waals surface area contributed by atoms with Gasteiger partial charge in [0.05, 0.1) is 12.6 Å². The minimum Gasteiger partial charge on any atom is -0.488 e. The number of ether oxygens (including phenoxy) is 1. The third-order valence-corrected chi connectivity index (χ3v) is 4.79. The largest absolute Gasteiger partial charge is 0.488 e. The zero-order chi connectivity index (χ0) is 23.3. The van der Waals surface area contributed by atoms with Gasteiger partial charge in [0.1, 0.15) is 0 Å². The molecule has 10 heteroatoms. The van der Waals surface area contributed by atoms with E-state index in [-0.39, 0.29) is 30.9 Å². The van der Waals surface area contributed by atoms with Crippen molar-refractivity contribution in [3.05, 3.63) is 79.8 Å². The van der Waals surface area contributed by atoms with Crippen LogP contribution in [0.3, 0.4) is 0 Å². The summed E-state index contributed by atoms with van der Waals surface area (Å²) in [6.07, 6.45) is 0.267. The molecule has 0 fully saturated rings. The number of halogens is 2. The number of nitrogens with zero attached hydrogens (tertiary/aromatic N) is 3. The maximum atomic E-state index is 14.4. The molecule has 1 heterocycles. The molecule has 0 saturated carbocycles. The Kier molecular flexibility index (Phi) is 7.66. The van der Waals surface area contributed by atoms with Crippen molar-refractivity contribution in [1.82, 2.24) is 14.1 Å². The predicted octanol–water partition coefficient (Wildman–Crippen LogP) is 3.13. The van der Waals surface area contributed by atoms with Crippen LogP contribution in [0.4, 0.5) is 16.0 Å². The molecule has 0 unspecified atom stereocenters. The molecule has 8 nitrogen and oxygen atoms in total. The van der Waals surface area contributed by atoms with Gasteiger partial charge in [-0.2, -0.15) is 4.98 Å². The standard InChI is InChI=1S/C22H25ClFN5O3/c1-14(2)32-19-9-8-17(12-18(19)24)26-20-27-21(30)28(11-3-10-25)22(31)29(20)13-15-4-6-16(23)7-5-15/h4-9,12,14H,3,10-11,13,25H2,1-2H3,(H,26,27,30). The Morgan fingerprint density at radius 2 is 1.88 bits per heavy atom. The highest BCUT2D eigenvalue weighted by molar-refractivity contribution is 6.30. The van der Waals surface area contributed by atoms with Crippen LogP contribution in [0, 0.1) is 5.82 Å². The number of anilines is 2. The van der Waals surface area contributed by atoms with Gasteiger partial charge in [0.15, 0.2) is 11.6 Å². The maximum absolute atomic E-state index is 14.4. The molecule has 3 N–H and O–H groups in total. The number of nitrogens with two attached hydrogens (primary N) is 1. The van der Waals surface area contributed by atoms with Gasteiger partial charge in [-0.15, -0.1) is 0 Å². The molecule has 0 spiro atoms. The number of aromatic nitrogens is 3. The Morgan fingerprint density at radius 1 is 1.16 bits per heavy atom. The van der Waals surface area contributed by atoms with Crippen LogP contribution in [-0.2, 0) is 13.1 Å². The second kappa shape index (κ2) is 10.4. The van der Waals surface area contributed by atoms with E-state index in [1.54, 1.807) is 44.2 Å². The van der Waals surface area contributed by atoms with E-state index in [1.807, 2.05) is 0 Å². The van der Waals surface area contributed by atoms with E-state index in [2.05, 4.69) is 10.3 Å². The van der Waals surface area contributed by atoms with Crippen LogP contribution in [0.2, 0.25) is 5.02 Å². The fourth-order valence-electron chi connectivity index (χ4n) is 3.04. The molecular formula is C22H25ClFN5O3. The SMILES string of the molecule is CC(C)Oc1ccc(Nc2nc(=O)n(CCCN)c(=O)n2Cc2ccc(Cl)cc2)cc1F. The molecule has 3 rings (SSSR count). The first-order valence-corrected chi connectivity index (χ1v) is 10.6. The average molecular weight is 462 g/mol. The van der Waals surface area contributed by atoms with E-state index in [1.165, 1.54) is 16.7 Å². The van der Waals surface area contributed by atoms with Gasteiger partial charge in [0, 0.05) is 23.3 Å². The Hall–Kier alpha value is -3.17. The summed E-state index contributed by atoms with van der Waals surface area (Å²) in [6.45, 7) is 4.20. The first-order chi connectivity index (χ1) is 15.3. The number of benzene rings is 2. The van der Waals surface area contributed by atoms with Crippen LogP contribution >= 0.6 is 11.6 Å². The van der Waals surface area contributed by atoms with Crippen molar-refractivity contribution < 1.29 is 9.13 Å². The van der Waals surface area contributed by atoms with Gasteiger partial charge >= 0.3 is 11.4 Å². The van der Waals surface area contributed by atoms with Crippen LogP contribution in [0.25, 0.3) is 0 Å². The van der Waals surface area contributed by atoms with Crippen LogP contribution in [-0.4, -0.2) is 26.8 Å². The summed E-state index contributed by atoms with van der Waals surface area (Å²) in [4.78, 5) is 29.6. The molecule has 0 amide bonds. The van der Waals surface area contributed by atoms with Crippen molar-refractivity contribution >= 4 is 23.2 Å². The van der Waals surface area contributed by atoms with Gasteiger partial charge in [-0.1, -0.05) is 23.7 Å². The monoisotopic (exact) mass is 461 g/mol. The van der Waals surface area contributed by atoms with E-state index >= 15 is 0 Å². The fourth-order valence-corrected chi connectivity index (χ4v) is 3.16. The van der Waals surface area contributed by atoms with Crippen LogP contribution < -0.4 is 27.2 Å². The second-order valence-electron chi connectivity index (χ2n) is 7.44. The molecule has 170 valence electrons. The lowest BCUT2D eigenvalue weighted by Crippen LogP contribution is -2.43. The lowest BCUT2D eigenvalue weighted by molar-refractivity contribution is 0.231. The van der Waals surface area contributed by atoms with Gasteiger partial charge in [0.25, 0.3) is 0 Å². The van der Waals surface area contributed by atoms with E-state index in [0.29, 0.717) is 23.7 Å². The first-order valence-electron chi connectivity index (χ1n) is 10.2. The highest BCUT2D eigenvalue weighted by atomic mass is 35.5. The average Bonchev–Trinajstić information content (AvgIpc) is 2.74. The summed E-state index contributed by atoms with van der Waals surface area (Å²) in [5.74, 6) is -0.475. The van der Waals surface area contributed by atoms with Crippen molar-refractivity contribution in [2.45, 2.75) is 39.5 Å². The van der Waals surface area contributed by atoms with Gasteiger partial charge in [-0.05, 0) is 56.6 Å². The molecule has 2 aromatic carbocycles. The van der Waals surface area contributed by atoms with E-state index < -0.39 is 17.2 Å². The maximum Gasteiger partial charge on any atom is 0.354 e. The molecular weight excluding hydrogens is 437 g/mol. The Balaban J connectivity index is 2.01. The summed E-state index contributed by atoms with van der Waals surface area (Å²) >= 11 is 5.95. The Bertz CT molecular complexity index is 1190. The van der Waals surface area contributed by atoms with Crippen LogP contribution in [0.1, 0.15) is 25.8 Å². The minimum absolute atomic E-state index is 0.00382. The van der Waals surface area contributed by atoms with Crippen molar-refractivity contribution in [2.24, 2.45) is 5.73 Å². The molecule has 32 heavy (non-hydrogen) atoms. The molecule has 3 aromatic rings. The first kappa shape index (κ1) is 23.5. The highest BCUT2D eigenvalue weighted by Gasteiger charge is 2.15. The molecule has 1 aromatic heterocycles. The van der Waals surface area contributed by atoms with E-state index in [4.69, 9.17) is 22.1 Å². The summed E-state index contributed by atoms with van der Waals surface area (Å²) < 4.78 is 22.2. The van der Waals surface area contributed by atoms with Crippen LogP contribution in [0.15, 0.2) is 52.1 Å². The lowest BCUT2D eigenvalue weighted by atomic mass is 10.2. The van der Waals surface area contributed by atoms with Crippen molar-refractivity contribution in [3.8, 4) is 5.75 Å². The molecule has 0 aliphatic rings. The molecule has 0 bridgehead atoms. The second-order valence-corrected chi connectivity index (χ2v) is 7.88. The zero-order valence-corrected chi connectivity index (χ0v) is 18.6. The highest BCUT2D eigenvalue weighted by Crippen LogP contribution is 2.24. The third-order valence-electron chi connectivity index (χ3n) is 4.54. The Morgan fingerprint density at radius 3 is 2.50 bits per heavy atom. The zero-order valence-electron chi connectivity index (χ0n) is 17.8. The van der Waals surface area contributed by atoms with E-state index in [9.17, 15) is 14.0 Å². The minimum atomic E-state index is -0.710. The molecule has 0 aliphatic carbocycles. The normalized spacial score (nSPS) is 11.1. The molecule has 0 radical (unpaired) electrons. The lowest BCUT2D eigenvalue weighted by Gasteiger charge is -2.16. The van der Waals surface area contributed by atoms with Gasteiger partial charge in [-0.25, -0.2) is 18.5 Å². The molecule has 0 atom stereocenters. The number of nitrogens with one attached hydrogen (secondary N) is 1. The number of hydrogen-bond acceptors (Lipinski definition) is 6. The topological polar surface area (TPSA) is 104 Å². The molecule has 0 saturated heterocycles. The number of hydrogen-bond donors (Lipinski definition) is 2. The summed E-state index contributed by atoms with van der Waals surface area (Å²) in [5, 5.41) is 3.44. The summed E-state index contributed by atoms with van der Waals surface area (Å²) in [5.41, 5.74) is 5.36. The predicted molar refractivity (Wildman–Crippen MR) is 122 cm³/mol. The van der Waals surface area contributed by atoms with Gasteiger partial charge < -0.3 is 15.8 Å². The van der Waals surface area contributed by atoms with Gasteiger partial charge in [0.2, 0.25) is 5.95 Å². The summed E-state index contributed by atoms with van der Waals surface area (Å²) in [7, 11) is 0. The Labute approximate surface area is 189 Å². The molecule has 0 aliphatic heterocycles.